The van der Waals surface area contributed by atoms with Gasteiger partial charge in [0.1, 0.15) is 5.82 Å². The highest BCUT2D eigenvalue weighted by atomic mass is 19.1. The summed E-state index contributed by atoms with van der Waals surface area (Å²) in [5, 5.41) is 10.6. The molecule has 0 saturated carbocycles. The van der Waals surface area contributed by atoms with Crippen LogP contribution in [0.5, 0.6) is 0 Å². The fraction of sp³-hybridized carbons (Fsp3) is 0.400. The molecule has 0 aliphatic rings. The predicted octanol–water partition coefficient (Wildman–Crippen LogP) is 3.08. The lowest BCUT2D eigenvalue weighted by molar-refractivity contribution is -0.385. The molecule has 0 amide bonds. The van der Waals surface area contributed by atoms with Crippen molar-refractivity contribution in [1.29, 1.82) is 0 Å². The van der Waals surface area contributed by atoms with Crippen LogP contribution in [0.3, 0.4) is 0 Å². The highest BCUT2D eigenvalue weighted by Crippen LogP contribution is 2.21. The molecule has 0 unspecified atom stereocenters. The molecule has 0 saturated heterocycles. The van der Waals surface area contributed by atoms with Crippen LogP contribution in [0.2, 0.25) is 0 Å². The lowest BCUT2D eigenvalue weighted by atomic mass is 10.1. The smallest absolute Gasteiger partial charge is 0.258 e. The van der Waals surface area contributed by atoms with Crippen molar-refractivity contribution in [3.8, 4) is 0 Å². The van der Waals surface area contributed by atoms with Crippen molar-refractivity contribution in [1.82, 2.24) is 0 Å². The van der Waals surface area contributed by atoms with Gasteiger partial charge < -0.3 is 0 Å². The highest BCUT2D eigenvalue weighted by molar-refractivity contribution is 5.40. The van der Waals surface area contributed by atoms with Crippen LogP contribution < -0.4 is 0 Å². The third kappa shape index (κ3) is 2.52. The van der Waals surface area contributed by atoms with Gasteiger partial charge in [0.15, 0.2) is 0 Å². The first-order valence-corrected chi connectivity index (χ1v) is 4.58. The summed E-state index contributed by atoms with van der Waals surface area (Å²) in [6.07, 6.45) is 2.48. The molecule has 0 bridgehead atoms. The third-order valence-corrected chi connectivity index (χ3v) is 2.04. The maximum absolute atomic E-state index is 12.7. The zero-order chi connectivity index (χ0) is 10.6. The van der Waals surface area contributed by atoms with Gasteiger partial charge in [0.05, 0.1) is 11.0 Å². The Labute approximate surface area is 81.7 Å². The van der Waals surface area contributed by atoms with E-state index in [-0.39, 0.29) is 5.69 Å². The molecule has 3 nitrogen and oxygen atoms in total. The van der Waals surface area contributed by atoms with Crippen LogP contribution in [-0.4, -0.2) is 4.92 Å². The van der Waals surface area contributed by atoms with E-state index in [0.29, 0.717) is 12.0 Å². The van der Waals surface area contributed by atoms with Gasteiger partial charge in [-0.2, -0.15) is 0 Å². The van der Waals surface area contributed by atoms with E-state index < -0.39 is 10.7 Å². The second-order valence-corrected chi connectivity index (χ2v) is 3.13. The molecule has 4 heteroatoms. The quantitative estimate of drug-likeness (QED) is 0.549. The Morgan fingerprint density at radius 2 is 2.21 bits per heavy atom. The summed E-state index contributed by atoms with van der Waals surface area (Å²) < 4.78 is 12.7. The van der Waals surface area contributed by atoms with Gasteiger partial charge >= 0.3 is 0 Å². The monoisotopic (exact) mass is 197 g/mol. The van der Waals surface area contributed by atoms with Crippen LogP contribution >= 0.6 is 0 Å². The number of rotatable bonds is 4. The Morgan fingerprint density at radius 3 is 2.79 bits per heavy atom. The lowest BCUT2D eigenvalue weighted by Gasteiger charge is -2.01. The largest absolute Gasteiger partial charge is 0.275 e. The summed E-state index contributed by atoms with van der Waals surface area (Å²) >= 11 is 0. The average Bonchev–Trinajstić information content (AvgIpc) is 2.15. The molecule has 76 valence electrons. The highest BCUT2D eigenvalue weighted by Gasteiger charge is 2.13. The zero-order valence-electron chi connectivity index (χ0n) is 8.00. The second-order valence-electron chi connectivity index (χ2n) is 3.13. The van der Waals surface area contributed by atoms with Crippen molar-refractivity contribution in [2.24, 2.45) is 0 Å². The second kappa shape index (κ2) is 4.69. The fourth-order valence-electron chi connectivity index (χ4n) is 1.29. The first-order chi connectivity index (χ1) is 6.65. The predicted molar refractivity (Wildman–Crippen MR) is 51.7 cm³/mol. The van der Waals surface area contributed by atoms with Crippen LogP contribution in [0.15, 0.2) is 18.2 Å². The van der Waals surface area contributed by atoms with Crippen LogP contribution in [0.25, 0.3) is 0 Å². The molecule has 0 heterocycles. The number of nitrogens with zero attached hydrogens (tertiary/aromatic N) is 1. The van der Waals surface area contributed by atoms with Crippen molar-refractivity contribution in [2.45, 2.75) is 26.2 Å². The Morgan fingerprint density at radius 1 is 1.50 bits per heavy atom. The number of hydrogen-bond acceptors (Lipinski definition) is 2. The normalized spacial score (nSPS) is 10.1. The van der Waals surface area contributed by atoms with Crippen LogP contribution in [0.4, 0.5) is 10.1 Å². The van der Waals surface area contributed by atoms with Gasteiger partial charge in [-0.05, 0) is 25.0 Å². The number of aryl methyl sites for hydroxylation is 1. The average molecular weight is 197 g/mol. The number of benzene rings is 1. The minimum absolute atomic E-state index is 0.113. The first-order valence-electron chi connectivity index (χ1n) is 4.58. The number of halogens is 1. The lowest BCUT2D eigenvalue weighted by Crippen LogP contribution is -1.96. The molecule has 0 radical (unpaired) electrons. The Bertz CT molecular complexity index is 339. The van der Waals surface area contributed by atoms with Crippen molar-refractivity contribution in [3.05, 3.63) is 39.7 Å². The van der Waals surface area contributed by atoms with Crippen molar-refractivity contribution in [3.63, 3.8) is 0 Å². The molecule has 0 spiro atoms. The fourth-order valence-corrected chi connectivity index (χ4v) is 1.29. The van der Waals surface area contributed by atoms with Gasteiger partial charge in [0.2, 0.25) is 0 Å². The van der Waals surface area contributed by atoms with Gasteiger partial charge in [-0.1, -0.05) is 13.3 Å². The summed E-state index contributed by atoms with van der Waals surface area (Å²) in [7, 11) is 0. The molecule has 14 heavy (non-hydrogen) atoms. The molecule has 0 aliphatic carbocycles. The number of nitro benzene ring substituents is 1. The van der Waals surface area contributed by atoms with Gasteiger partial charge in [-0.15, -0.1) is 0 Å². The molecule has 0 aliphatic heterocycles. The van der Waals surface area contributed by atoms with Crippen LogP contribution in [-0.2, 0) is 6.42 Å². The molecule has 0 atom stereocenters. The van der Waals surface area contributed by atoms with Gasteiger partial charge in [0.25, 0.3) is 5.69 Å². The number of nitro groups is 1. The van der Waals surface area contributed by atoms with E-state index in [1.807, 2.05) is 6.92 Å². The van der Waals surface area contributed by atoms with Gasteiger partial charge in [0, 0.05) is 5.56 Å². The molecule has 1 aromatic rings. The first kappa shape index (κ1) is 10.6. The molecular formula is C10H12FNO2. The minimum Gasteiger partial charge on any atom is -0.258 e. The topological polar surface area (TPSA) is 43.1 Å². The van der Waals surface area contributed by atoms with Gasteiger partial charge in [-0.25, -0.2) is 4.39 Å². The van der Waals surface area contributed by atoms with E-state index in [1.165, 1.54) is 12.1 Å². The number of unbranched alkanes of at least 4 members (excludes halogenated alkanes) is 1. The van der Waals surface area contributed by atoms with E-state index in [4.69, 9.17) is 0 Å². The molecule has 1 aromatic carbocycles. The Kier molecular flexibility index (Phi) is 3.56. The summed E-state index contributed by atoms with van der Waals surface area (Å²) in [5.41, 5.74) is 0.497. The zero-order valence-corrected chi connectivity index (χ0v) is 8.00. The van der Waals surface area contributed by atoms with Crippen molar-refractivity contribution in [2.75, 3.05) is 0 Å². The van der Waals surface area contributed by atoms with Crippen LogP contribution in [0, 0.1) is 15.9 Å². The SMILES string of the molecule is CCCCc1ccc(F)cc1[N+](=O)[O-]. The maximum Gasteiger partial charge on any atom is 0.275 e. The van der Waals surface area contributed by atoms with E-state index in [1.54, 1.807) is 0 Å². The summed E-state index contributed by atoms with van der Waals surface area (Å²) in [4.78, 5) is 10.0. The molecule has 1 rings (SSSR count). The molecular weight excluding hydrogens is 185 g/mol. The number of hydrogen-bond donors (Lipinski definition) is 0. The van der Waals surface area contributed by atoms with E-state index >= 15 is 0 Å². The van der Waals surface area contributed by atoms with E-state index in [9.17, 15) is 14.5 Å². The Balaban J connectivity index is 2.96. The molecule has 0 fully saturated rings. The van der Waals surface area contributed by atoms with E-state index in [2.05, 4.69) is 0 Å². The third-order valence-electron chi connectivity index (χ3n) is 2.04. The molecule has 0 aromatic heterocycles. The summed E-state index contributed by atoms with van der Waals surface area (Å²) in [6.45, 7) is 2.01. The molecule has 0 N–H and O–H groups in total. The minimum atomic E-state index is -0.558. The maximum atomic E-state index is 12.7. The van der Waals surface area contributed by atoms with E-state index in [0.717, 1.165) is 18.9 Å². The summed E-state index contributed by atoms with van der Waals surface area (Å²) in [6, 6.07) is 3.73. The van der Waals surface area contributed by atoms with Crippen LogP contribution in [0.1, 0.15) is 25.3 Å². The standard InChI is InChI=1S/C10H12FNO2/c1-2-3-4-8-5-6-9(11)7-10(8)12(13)14/h5-7H,2-4H2,1H3. The van der Waals surface area contributed by atoms with Crippen molar-refractivity contribution >= 4 is 5.69 Å². The van der Waals surface area contributed by atoms with Crippen molar-refractivity contribution < 1.29 is 9.31 Å². The summed E-state index contributed by atoms with van der Waals surface area (Å²) in [5.74, 6) is -0.558. The van der Waals surface area contributed by atoms with Gasteiger partial charge in [-0.3, -0.25) is 10.1 Å². The Hall–Kier alpha value is -1.45.